The number of aromatic amines is 1. The van der Waals surface area contributed by atoms with E-state index >= 15 is 0 Å². The molecule has 0 bridgehead atoms. The van der Waals surface area contributed by atoms with Gasteiger partial charge in [0, 0.05) is 6.07 Å². The van der Waals surface area contributed by atoms with E-state index in [2.05, 4.69) is 14.7 Å². The highest BCUT2D eigenvalue weighted by Gasteiger charge is 2.31. The van der Waals surface area contributed by atoms with Crippen LogP contribution in [0.1, 0.15) is 11.3 Å². The first-order valence-electron chi connectivity index (χ1n) is 7.65. The van der Waals surface area contributed by atoms with Crippen molar-refractivity contribution in [1.82, 2.24) is 9.97 Å². The molecule has 11 heteroatoms. The van der Waals surface area contributed by atoms with Crippen LogP contribution in [0.3, 0.4) is 0 Å². The topological polar surface area (TPSA) is 99.0 Å². The first-order chi connectivity index (χ1) is 12.6. The standard InChI is InChI=1S/C16H14F3N3O4S/c1-10-13(22(23)7-6-14(10)26-9-16(17,18)19)8-27(24,25)15-20-11-4-2-3-5-12(11)21-15/h2-7H,8-9H2,1H3,(H,20,21). The van der Waals surface area contributed by atoms with E-state index in [4.69, 9.17) is 0 Å². The number of alkyl halides is 3. The Balaban J connectivity index is 1.93. The predicted octanol–water partition coefficient (Wildman–Crippen LogP) is 2.42. The Morgan fingerprint density at radius 3 is 2.63 bits per heavy atom. The number of hydrogen-bond acceptors (Lipinski definition) is 5. The fourth-order valence-electron chi connectivity index (χ4n) is 2.47. The quantitative estimate of drug-likeness (QED) is 0.523. The summed E-state index contributed by atoms with van der Waals surface area (Å²) in [5.74, 6) is -0.958. The fourth-order valence-corrected chi connectivity index (χ4v) is 3.81. The molecule has 1 N–H and O–H groups in total. The molecule has 7 nitrogen and oxygen atoms in total. The van der Waals surface area contributed by atoms with Gasteiger partial charge in [-0.2, -0.15) is 17.9 Å². The number of ether oxygens (including phenoxy) is 1. The molecule has 0 spiro atoms. The van der Waals surface area contributed by atoms with Crippen LogP contribution < -0.4 is 9.47 Å². The Morgan fingerprint density at radius 1 is 1.26 bits per heavy atom. The number of pyridine rings is 1. The minimum Gasteiger partial charge on any atom is -0.618 e. The minimum atomic E-state index is -4.56. The number of hydrogen-bond donors (Lipinski definition) is 1. The molecular weight excluding hydrogens is 387 g/mol. The molecule has 27 heavy (non-hydrogen) atoms. The van der Waals surface area contributed by atoms with Crippen LogP contribution in [0, 0.1) is 12.1 Å². The van der Waals surface area contributed by atoms with Gasteiger partial charge < -0.3 is 14.9 Å². The molecule has 0 saturated heterocycles. The lowest BCUT2D eigenvalue weighted by molar-refractivity contribution is -0.613. The summed E-state index contributed by atoms with van der Waals surface area (Å²) in [4.78, 5) is 6.66. The highest BCUT2D eigenvalue weighted by Crippen LogP contribution is 2.25. The molecule has 144 valence electrons. The molecule has 0 radical (unpaired) electrons. The van der Waals surface area contributed by atoms with Crippen LogP contribution in [-0.4, -0.2) is 31.2 Å². The van der Waals surface area contributed by atoms with Gasteiger partial charge in [0.2, 0.25) is 20.7 Å². The predicted molar refractivity (Wildman–Crippen MR) is 88.7 cm³/mol. The van der Waals surface area contributed by atoms with Crippen molar-refractivity contribution in [2.75, 3.05) is 6.61 Å². The lowest BCUT2D eigenvalue weighted by Gasteiger charge is -2.13. The molecule has 0 unspecified atom stereocenters. The van der Waals surface area contributed by atoms with E-state index in [9.17, 15) is 26.8 Å². The van der Waals surface area contributed by atoms with Gasteiger partial charge in [0.1, 0.15) is 11.5 Å². The number of H-pyrrole nitrogens is 1. The van der Waals surface area contributed by atoms with E-state index in [-0.39, 0.29) is 26.9 Å². The van der Waals surface area contributed by atoms with Crippen molar-refractivity contribution >= 4 is 20.9 Å². The van der Waals surface area contributed by atoms with Crippen molar-refractivity contribution in [2.24, 2.45) is 0 Å². The van der Waals surface area contributed by atoms with E-state index in [0.29, 0.717) is 11.0 Å². The van der Waals surface area contributed by atoms with E-state index in [1.165, 1.54) is 6.92 Å². The van der Waals surface area contributed by atoms with Gasteiger partial charge in [-0.1, -0.05) is 12.1 Å². The summed E-state index contributed by atoms with van der Waals surface area (Å²) >= 11 is 0. The van der Waals surface area contributed by atoms with Gasteiger partial charge in [0.15, 0.2) is 12.8 Å². The van der Waals surface area contributed by atoms with Gasteiger partial charge in [0.05, 0.1) is 16.6 Å². The summed E-state index contributed by atoms with van der Waals surface area (Å²) in [6.45, 7) is -0.226. The Labute approximate surface area is 151 Å². The van der Waals surface area contributed by atoms with Gasteiger partial charge in [0.25, 0.3) is 0 Å². The average Bonchev–Trinajstić information content (AvgIpc) is 3.02. The average molecular weight is 401 g/mol. The first-order valence-corrected chi connectivity index (χ1v) is 9.31. The van der Waals surface area contributed by atoms with Crippen molar-refractivity contribution in [3.05, 3.63) is 53.0 Å². The SMILES string of the molecule is Cc1c(OCC(F)(F)F)cc[n+]([O-])c1CS(=O)(=O)c1nc2ccccc2[nH]1. The van der Waals surface area contributed by atoms with Crippen LogP contribution in [-0.2, 0) is 15.6 Å². The maximum absolute atomic E-state index is 12.6. The first kappa shape index (κ1) is 19.0. The number of benzene rings is 1. The second-order valence-corrected chi connectivity index (χ2v) is 7.70. The molecule has 0 atom stereocenters. The number of halogens is 3. The van der Waals surface area contributed by atoms with Gasteiger partial charge in [-0.15, -0.1) is 0 Å². The van der Waals surface area contributed by atoms with E-state index < -0.39 is 28.4 Å². The van der Waals surface area contributed by atoms with Crippen LogP contribution >= 0.6 is 0 Å². The van der Waals surface area contributed by atoms with Crippen molar-refractivity contribution in [3.63, 3.8) is 0 Å². The molecule has 2 heterocycles. The lowest BCUT2D eigenvalue weighted by atomic mass is 10.2. The van der Waals surface area contributed by atoms with E-state index in [0.717, 1.165) is 12.3 Å². The summed E-state index contributed by atoms with van der Waals surface area (Å²) in [7, 11) is -4.05. The van der Waals surface area contributed by atoms with Crippen molar-refractivity contribution in [3.8, 4) is 5.75 Å². The Hall–Kier alpha value is -2.82. The molecule has 3 aromatic rings. The Bertz CT molecular complexity index is 1060. The van der Waals surface area contributed by atoms with Crippen molar-refractivity contribution in [2.45, 2.75) is 24.0 Å². The van der Waals surface area contributed by atoms with Crippen LogP contribution in [0.25, 0.3) is 11.0 Å². The summed E-state index contributed by atoms with van der Waals surface area (Å²) in [6, 6.07) is 7.72. The summed E-state index contributed by atoms with van der Waals surface area (Å²) in [6.07, 6.45) is -3.65. The number of para-hydroxylation sites is 2. The van der Waals surface area contributed by atoms with Crippen LogP contribution in [0.2, 0.25) is 0 Å². The number of aromatic nitrogens is 3. The van der Waals surface area contributed by atoms with E-state index in [1.807, 2.05) is 0 Å². The van der Waals surface area contributed by atoms with Crippen molar-refractivity contribution < 1.29 is 31.1 Å². The lowest BCUT2D eigenvalue weighted by Crippen LogP contribution is -2.34. The Kier molecular flexibility index (Phi) is 4.72. The molecule has 0 aliphatic rings. The molecular formula is C16H14F3N3O4S. The van der Waals surface area contributed by atoms with Crippen LogP contribution in [0.15, 0.2) is 41.7 Å². The zero-order valence-corrected chi connectivity index (χ0v) is 14.8. The van der Waals surface area contributed by atoms with Gasteiger partial charge >= 0.3 is 6.18 Å². The fraction of sp³-hybridized carbons (Fsp3) is 0.250. The third kappa shape index (κ3) is 4.13. The molecule has 0 amide bonds. The monoisotopic (exact) mass is 401 g/mol. The van der Waals surface area contributed by atoms with Crippen LogP contribution in [0.4, 0.5) is 13.2 Å². The third-order valence-corrected chi connectivity index (χ3v) is 5.25. The van der Waals surface area contributed by atoms with Gasteiger partial charge in [-0.25, -0.2) is 13.4 Å². The zero-order chi connectivity index (χ0) is 19.8. The van der Waals surface area contributed by atoms with E-state index in [1.54, 1.807) is 24.3 Å². The number of rotatable bonds is 5. The number of sulfone groups is 1. The summed E-state index contributed by atoms with van der Waals surface area (Å²) < 4.78 is 67.3. The second-order valence-electron chi connectivity index (χ2n) is 5.80. The summed E-state index contributed by atoms with van der Waals surface area (Å²) in [5, 5.41) is 11.7. The second kappa shape index (κ2) is 6.72. The van der Waals surface area contributed by atoms with Gasteiger partial charge in [-0.05, 0) is 19.1 Å². The highest BCUT2D eigenvalue weighted by atomic mass is 32.2. The zero-order valence-electron chi connectivity index (χ0n) is 13.9. The largest absolute Gasteiger partial charge is 0.618 e. The normalized spacial score (nSPS) is 12.4. The number of nitrogens with one attached hydrogen (secondary N) is 1. The molecule has 3 rings (SSSR count). The molecule has 0 saturated carbocycles. The maximum atomic E-state index is 12.6. The molecule has 1 aromatic carbocycles. The maximum Gasteiger partial charge on any atom is 0.422 e. The molecule has 0 aliphatic heterocycles. The van der Waals surface area contributed by atoms with Crippen LogP contribution in [0.5, 0.6) is 5.75 Å². The minimum absolute atomic E-state index is 0.0106. The molecule has 0 fully saturated rings. The summed E-state index contributed by atoms with van der Waals surface area (Å²) in [5.41, 5.74) is 0.710. The number of nitrogens with zero attached hydrogens (tertiary/aromatic N) is 2. The Morgan fingerprint density at radius 2 is 1.96 bits per heavy atom. The number of fused-ring (bicyclic) bond motifs is 1. The molecule has 0 aliphatic carbocycles. The molecule has 2 aromatic heterocycles. The third-order valence-electron chi connectivity index (χ3n) is 3.81. The van der Waals surface area contributed by atoms with Gasteiger partial charge in [-0.3, -0.25) is 0 Å². The highest BCUT2D eigenvalue weighted by molar-refractivity contribution is 7.90. The van der Waals surface area contributed by atoms with Crippen molar-refractivity contribution in [1.29, 1.82) is 0 Å². The smallest absolute Gasteiger partial charge is 0.422 e. The number of imidazole rings is 1.